The molecule has 0 radical (unpaired) electrons. The molecule has 0 saturated heterocycles. The minimum absolute atomic E-state index is 0.0123. The molecular weight excluding hydrogens is 250 g/mol. The Bertz CT molecular complexity index is 604. The van der Waals surface area contributed by atoms with Crippen LogP contribution in [0.4, 0.5) is 0 Å². The van der Waals surface area contributed by atoms with Crippen molar-refractivity contribution >= 4 is 10.9 Å². The number of benzene rings is 1. The quantitative estimate of drug-likeness (QED) is 0.788. The van der Waals surface area contributed by atoms with Gasteiger partial charge in [-0.2, -0.15) is 5.10 Å². The summed E-state index contributed by atoms with van der Waals surface area (Å²) in [5, 5.41) is 8.38. The first-order chi connectivity index (χ1) is 9.68. The maximum atomic E-state index is 11.7. The van der Waals surface area contributed by atoms with Gasteiger partial charge in [-0.3, -0.25) is 9.48 Å². The summed E-state index contributed by atoms with van der Waals surface area (Å²) >= 11 is 0. The normalized spacial score (nSPS) is 11.3. The van der Waals surface area contributed by atoms with Crippen molar-refractivity contribution in [3.05, 3.63) is 40.7 Å². The van der Waals surface area contributed by atoms with E-state index in [-0.39, 0.29) is 5.43 Å². The van der Waals surface area contributed by atoms with E-state index in [1.807, 2.05) is 28.9 Å². The second-order valence-electron chi connectivity index (χ2n) is 5.54. The van der Waals surface area contributed by atoms with Crippen molar-refractivity contribution in [3.63, 3.8) is 0 Å². The standard InChI is InChI=1S/C16H23N3O/c1-13(2)6-5-9-17-10-11-19-15-8-4-3-7-14(15)16(20)12-18-19/h3-4,7-8,12-13,17H,5-6,9-11H2,1-2H3. The van der Waals surface area contributed by atoms with E-state index in [1.54, 1.807) is 0 Å². The highest BCUT2D eigenvalue weighted by Gasteiger charge is 2.02. The predicted molar refractivity (Wildman–Crippen MR) is 82.9 cm³/mol. The molecule has 0 unspecified atom stereocenters. The first kappa shape index (κ1) is 14.7. The number of hydrogen-bond donors (Lipinski definition) is 1. The molecule has 0 fully saturated rings. The van der Waals surface area contributed by atoms with Crippen molar-refractivity contribution < 1.29 is 0 Å². The summed E-state index contributed by atoms with van der Waals surface area (Å²) in [7, 11) is 0. The number of nitrogens with zero attached hydrogens (tertiary/aromatic N) is 2. The van der Waals surface area contributed by atoms with E-state index < -0.39 is 0 Å². The van der Waals surface area contributed by atoms with Crippen molar-refractivity contribution in [2.75, 3.05) is 13.1 Å². The minimum Gasteiger partial charge on any atom is -0.315 e. The lowest BCUT2D eigenvalue weighted by Gasteiger charge is -2.10. The van der Waals surface area contributed by atoms with Crippen LogP contribution >= 0.6 is 0 Å². The summed E-state index contributed by atoms with van der Waals surface area (Å²) in [4.78, 5) is 11.7. The third-order valence-electron chi connectivity index (χ3n) is 3.40. The molecule has 1 aromatic heterocycles. The summed E-state index contributed by atoms with van der Waals surface area (Å²) in [6.45, 7) is 7.18. The van der Waals surface area contributed by atoms with Crippen molar-refractivity contribution in [3.8, 4) is 0 Å². The largest absolute Gasteiger partial charge is 0.315 e. The maximum Gasteiger partial charge on any atom is 0.207 e. The predicted octanol–water partition coefficient (Wildman–Crippen LogP) is 2.42. The van der Waals surface area contributed by atoms with Gasteiger partial charge in [-0.05, 0) is 37.4 Å². The van der Waals surface area contributed by atoms with Gasteiger partial charge in [0.25, 0.3) is 0 Å². The molecule has 2 aromatic rings. The van der Waals surface area contributed by atoms with Gasteiger partial charge in [-0.25, -0.2) is 0 Å². The Morgan fingerprint density at radius 3 is 2.85 bits per heavy atom. The van der Waals surface area contributed by atoms with Crippen molar-refractivity contribution in [2.24, 2.45) is 5.92 Å². The molecule has 4 nitrogen and oxygen atoms in total. The van der Waals surface area contributed by atoms with Crippen LogP contribution in [0.3, 0.4) is 0 Å². The molecule has 1 N–H and O–H groups in total. The summed E-state index contributed by atoms with van der Waals surface area (Å²) in [6.07, 6.45) is 3.86. The molecule has 0 spiro atoms. The lowest BCUT2D eigenvalue weighted by atomic mass is 10.1. The smallest absolute Gasteiger partial charge is 0.207 e. The zero-order valence-electron chi connectivity index (χ0n) is 12.3. The second-order valence-corrected chi connectivity index (χ2v) is 5.54. The number of nitrogens with one attached hydrogen (secondary N) is 1. The van der Waals surface area contributed by atoms with Gasteiger partial charge in [-0.15, -0.1) is 0 Å². The average molecular weight is 273 g/mol. The minimum atomic E-state index is -0.0123. The molecule has 108 valence electrons. The fraction of sp³-hybridized carbons (Fsp3) is 0.500. The average Bonchev–Trinajstić information content (AvgIpc) is 2.45. The molecular formula is C16H23N3O. The molecule has 0 aliphatic heterocycles. The molecule has 1 heterocycles. The monoisotopic (exact) mass is 273 g/mol. The fourth-order valence-corrected chi connectivity index (χ4v) is 2.28. The molecule has 0 bridgehead atoms. The lowest BCUT2D eigenvalue weighted by Crippen LogP contribution is -2.23. The second kappa shape index (κ2) is 7.20. The van der Waals surface area contributed by atoms with Gasteiger partial charge in [-0.1, -0.05) is 26.0 Å². The van der Waals surface area contributed by atoms with Crippen LogP contribution in [-0.2, 0) is 6.54 Å². The zero-order valence-corrected chi connectivity index (χ0v) is 12.3. The molecule has 4 heteroatoms. The highest BCUT2D eigenvalue weighted by Crippen LogP contribution is 2.07. The molecule has 2 rings (SSSR count). The lowest BCUT2D eigenvalue weighted by molar-refractivity contribution is 0.506. The van der Waals surface area contributed by atoms with Gasteiger partial charge in [0.15, 0.2) is 0 Å². The van der Waals surface area contributed by atoms with Gasteiger partial charge in [0.1, 0.15) is 0 Å². The van der Waals surface area contributed by atoms with Crippen LogP contribution in [0.5, 0.6) is 0 Å². The Balaban J connectivity index is 1.91. The van der Waals surface area contributed by atoms with Crippen molar-refractivity contribution in [1.82, 2.24) is 15.1 Å². The summed E-state index contributed by atoms with van der Waals surface area (Å²) in [6, 6.07) is 7.63. The van der Waals surface area contributed by atoms with E-state index in [4.69, 9.17) is 0 Å². The van der Waals surface area contributed by atoms with Gasteiger partial charge in [0.2, 0.25) is 5.43 Å². The first-order valence-electron chi connectivity index (χ1n) is 7.34. The third-order valence-corrected chi connectivity index (χ3v) is 3.40. The Hall–Kier alpha value is -1.68. The molecule has 0 aliphatic carbocycles. The van der Waals surface area contributed by atoms with Crippen LogP contribution in [0.25, 0.3) is 10.9 Å². The van der Waals surface area contributed by atoms with Crippen molar-refractivity contribution in [2.45, 2.75) is 33.2 Å². The van der Waals surface area contributed by atoms with Crippen LogP contribution in [0.2, 0.25) is 0 Å². The zero-order chi connectivity index (χ0) is 14.4. The molecule has 0 amide bonds. The first-order valence-corrected chi connectivity index (χ1v) is 7.34. The Kier molecular flexibility index (Phi) is 5.30. The van der Waals surface area contributed by atoms with E-state index in [9.17, 15) is 4.79 Å². The Morgan fingerprint density at radius 1 is 1.25 bits per heavy atom. The highest BCUT2D eigenvalue weighted by molar-refractivity contribution is 5.77. The maximum absolute atomic E-state index is 11.7. The number of fused-ring (bicyclic) bond motifs is 1. The highest BCUT2D eigenvalue weighted by atomic mass is 16.1. The van der Waals surface area contributed by atoms with Gasteiger partial charge >= 0.3 is 0 Å². The third kappa shape index (κ3) is 3.90. The van der Waals surface area contributed by atoms with Gasteiger partial charge < -0.3 is 5.32 Å². The topological polar surface area (TPSA) is 46.9 Å². The van der Waals surface area contributed by atoms with E-state index in [1.165, 1.54) is 19.0 Å². The number of rotatable bonds is 7. The van der Waals surface area contributed by atoms with E-state index in [2.05, 4.69) is 24.3 Å². The Morgan fingerprint density at radius 2 is 2.05 bits per heavy atom. The summed E-state index contributed by atoms with van der Waals surface area (Å²) in [5.74, 6) is 0.765. The van der Waals surface area contributed by atoms with Crippen LogP contribution in [0.15, 0.2) is 35.3 Å². The molecule has 20 heavy (non-hydrogen) atoms. The van der Waals surface area contributed by atoms with E-state index >= 15 is 0 Å². The van der Waals surface area contributed by atoms with Crippen LogP contribution in [0, 0.1) is 5.92 Å². The SMILES string of the molecule is CC(C)CCCNCCn1ncc(=O)c2ccccc21. The van der Waals surface area contributed by atoms with E-state index in [0.29, 0.717) is 0 Å². The van der Waals surface area contributed by atoms with Crippen LogP contribution < -0.4 is 10.7 Å². The summed E-state index contributed by atoms with van der Waals surface area (Å²) in [5.41, 5.74) is 0.894. The molecule has 0 aliphatic rings. The van der Waals surface area contributed by atoms with Crippen LogP contribution in [0.1, 0.15) is 26.7 Å². The van der Waals surface area contributed by atoms with Gasteiger partial charge in [0, 0.05) is 11.9 Å². The molecule has 0 saturated carbocycles. The summed E-state index contributed by atoms with van der Waals surface area (Å²) < 4.78 is 1.90. The van der Waals surface area contributed by atoms with E-state index in [0.717, 1.165) is 36.5 Å². The Labute approximate surface area is 119 Å². The number of hydrogen-bond acceptors (Lipinski definition) is 3. The van der Waals surface area contributed by atoms with Crippen molar-refractivity contribution in [1.29, 1.82) is 0 Å². The van der Waals surface area contributed by atoms with Gasteiger partial charge in [0.05, 0.1) is 18.3 Å². The fourth-order valence-electron chi connectivity index (χ4n) is 2.28. The molecule has 1 aromatic carbocycles. The van der Waals surface area contributed by atoms with Crippen LogP contribution in [-0.4, -0.2) is 22.9 Å². The number of para-hydroxylation sites is 1. The molecule has 0 atom stereocenters. The number of aromatic nitrogens is 2.